The van der Waals surface area contributed by atoms with E-state index in [0.29, 0.717) is 10.8 Å². The van der Waals surface area contributed by atoms with E-state index in [1.165, 1.54) is 0 Å². The monoisotopic (exact) mass is 220 g/mol. The van der Waals surface area contributed by atoms with E-state index in [-0.39, 0.29) is 0 Å². The van der Waals surface area contributed by atoms with Gasteiger partial charge in [-0.1, -0.05) is 11.6 Å². The molecule has 1 aromatic heterocycles. The number of aryl methyl sites for hydroxylation is 1. The number of aromatic nitrogens is 1. The molecule has 0 aliphatic rings. The Bertz CT molecular complexity index is 212. The molecule has 0 unspecified atom stereocenters. The number of rotatable bonds is 0. The van der Waals surface area contributed by atoms with Crippen LogP contribution in [0.2, 0.25) is 5.15 Å². The quantitative estimate of drug-likeness (QED) is 0.683. The van der Waals surface area contributed by atoms with E-state index >= 15 is 0 Å². The van der Waals surface area contributed by atoms with E-state index in [9.17, 15) is 0 Å². The molecule has 1 heterocycles. The van der Waals surface area contributed by atoms with Crippen molar-refractivity contribution >= 4 is 33.2 Å². The maximum absolute atomic E-state index is 5.62. The van der Waals surface area contributed by atoms with Crippen LogP contribution in [0.15, 0.2) is 10.7 Å². The third-order valence-electron chi connectivity index (χ3n) is 1.13. The Morgan fingerprint density at radius 2 is 2.30 bits per heavy atom. The minimum atomic E-state index is 0.345. The average Bonchev–Trinajstić information content (AvgIpc) is 1.84. The van der Waals surface area contributed by atoms with Gasteiger partial charge >= 0.3 is 0 Å². The summed E-state index contributed by atoms with van der Waals surface area (Å²) >= 11 is 8.85. The van der Waals surface area contributed by atoms with Crippen LogP contribution in [0.4, 0.5) is 5.69 Å². The van der Waals surface area contributed by atoms with Crippen LogP contribution < -0.4 is 5.73 Å². The molecular formula is C6H6BrClN2. The summed E-state index contributed by atoms with van der Waals surface area (Å²) in [5, 5.41) is 0.345. The third-order valence-corrected chi connectivity index (χ3v) is 2.24. The van der Waals surface area contributed by atoms with E-state index < -0.39 is 0 Å². The first kappa shape index (κ1) is 7.82. The number of anilines is 1. The van der Waals surface area contributed by atoms with E-state index in [2.05, 4.69) is 20.9 Å². The molecule has 4 heteroatoms. The standard InChI is InChI=1S/C6H6BrClN2/c1-3-2-4(9)6(8)10-5(3)7/h2H,9H2,1H3. The molecule has 2 N–H and O–H groups in total. The summed E-state index contributed by atoms with van der Waals surface area (Å²) in [6.07, 6.45) is 0. The van der Waals surface area contributed by atoms with Crippen LogP contribution in [0.5, 0.6) is 0 Å². The highest BCUT2D eigenvalue weighted by atomic mass is 79.9. The van der Waals surface area contributed by atoms with Crippen molar-refractivity contribution in [3.05, 3.63) is 21.4 Å². The molecule has 10 heavy (non-hydrogen) atoms. The van der Waals surface area contributed by atoms with Gasteiger partial charge in [0.05, 0.1) is 5.69 Å². The summed E-state index contributed by atoms with van der Waals surface area (Å²) in [7, 11) is 0. The van der Waals surface area contributed by atoms with Crippen molar-refractivity contribution < 1.29 is 0 Å². The molecule has 0 saturated carbocycles. The molecule has 0 saturated heterocycles. The minimum Gasteiger partial charge on any atom is -0.396 e. The Labute approximate surface area is 72.5 Å². The number of hydrogen-bond acceptors (Lipinski definition) is 2. The van der Waals surface area contributed by atoms with E-state index in [1.807, 2.05) is 6.92 Å². The lowest BCUT2D eigenvalue weighted by Gasteiger charge is -1.99. The SMILES string of the molecule is Cc1cc(N)c(Cl)nc1Br. The number of hydrogen-bond donors (Lipinski definition) is 1. The van der Waals surface area contributed by atoms with Crippen molar-refractivity contribution in [2.45, 2.75) is 6.92 Å². The third kappa shape index (κ3) is 1.41. The minimum absolute atomic E-state index is 0.345. The normalized spacial score (nSPS) is 9.90. The number of nitrogens with two attached hydrogens (primary N) is 1. The first-order valence-corrected chi connectivity index (χ1v) is 3.86. The van der Waals surface area contributed by atoms with Crippen molar-refractivity contribution in [2.75, 3.05) is 5.73 Å². The van der Waals surface area contributed by atoms with Crippen molar-refractivity contribution in [3.63, 3.8) is 0 Å². The van der Waals surface area contributed by atoms with Gasteiger partial charge < -0.3 is 5.73 Å². The summed E-state index contributed by atoms with van der Waals surface area (Å²) in [5.41, 5.74) is 6.98. The van der Waals surface area contributed by atoms with Crippen molar-refractivity contribution in [1.29, 1.82) is 0 Å². The van der Waals surface area contributed by atoms with Gasteiger partial charge in [-0.25, -0.2) is 4.98 Å². The van der Waals surface area contributed by atoms with Gasteiger partial charge in [-0.3, -0.25) is 0 Å². The Morgan fingerprint density at radius 3 is 2.80 bits per heavy atom. The van der Waals surface area contributed by atoms with Gasteiger partial charge in [0.2, 0.25) is 0 Å². The van der Waals surface area contributed by atoms with E-state index in [1.54, 1.807) is 6.07 Å². The molecule has 2 nitrogen and oxygen atoms in total. The molecule has 0 atom stereocenters. The van der Waals surface area contributed by atoms with Crippen LogP contribution in [0.25, 0.3) is 0 Å². The summed E-state index contributed by atoms with van der Waals surface area (Å²) in [6.45, 7) is 1.91. The molecular weight excluding hydrogens is 215 g/mol. The topological polar surface area (TPSA) is 38.9 Å². The zero-order valence-corrected chi connectivity index (χ0v) is 7.70. The highest BCUT2D eigenvalue weighted by Crippen LogP contribution is 2.22. The van der Waals surface area contributed by atoms with Crippen molar-refractivity contribution in [1.82, 2.24) is 4.98 Å². The smallest absolute Gasteiger partial charge is 0.153 e. The lowest BCUT2D eigenvalue weighted by Crippen LogP contribution is -1.91. The molecule has 0 aliphatic heterocycles. The molecule has 0 radical (unpaired) electrons. The zero-order valence-electron chi connectivity index (χ0n) is 5.36. The van der Waals surface area contributed by atoms with Crippen molar-refractivity contribution in [3.8, 4) is 0 Å². The Balaban J connectivity index is 3.28. The zero-order chi connectivity index (χ0) is 7.72. The van der Waals surface area contributed by atoms with Crippen LogP contribution in [-0.2, 0) is 0 Å². The van der Waals surface area contributed by atoms with Gasteiger partial charge in [0, 0.05) is 0 Å². The summed E-state index contributed by atoms with van der Waals surface area (Å²) < 4.78 is 0.742. The van der Waals surface area contributed by atoms with E-state index in [4.69, 9.17) is 17.3 Å². The lowest BCUT2D eigenvalue weighted by atomic mass is 10.3. The fraction of sp³-hybridized carbons (Fsp3) is 0.167. The van der Waals surface area contributed by atoms with Gasteiger partial charge in [0.25, 0.3) is 0 Å². The van der Waals surface area contributed by atoms with Crippen LogP contribution in [0.3, 0.4) is 0 Å². The number of halogens is 2. The second-order valence-electron chi connectivity index (χ2n) is 1.98. The Morgan fingerprint density at radius 1 is 1.70 bits per heavy atom. The fourth-order valence-electron chi connectivity index (χ4n) is 0.591. The number of pyridine rings is 1. The maximum Gasteiger partial charge on any atom is 0.153 e. The van der Waals surface area contributed by atoms with Crippen LogP contribution in [0.1, 0.15) is 5.56 Å². The fourth-order valence-corrected chi connectivity index (χ4v) is 1.12. The van der Waals surface area contributed by atoms with Gasteiger partial charge in [-0.2, -0.15) is 0 Å². The maximum atomic E-state index is 5.62. The Hall–Kier alpha value is -0.280. The van der Waals surface area contributed by atoms with E-state index in [0.717, 1.165) is 10.2 Å². The average molecular weight is 221 g/mol. The van der Waals surface area contributed by atoms with Gasteiger partial charge in [-0.15, -0.1) is 0 Å². The summed E-state index contributed by atoms with van der Waals surface area (Å²) in [4.78, 5) is 3.93. The van der Waals surface area contributed by atoms with Crippen LogP contribution >= 0.6 is 27.5 Å². The number of nitrogen functional groups attached to an aromatic ring is 1. The second kappa shape index (κ2) is 2.76. The largest absolute Gasteiger partial charge is 0.396 e. The molecule has 0 bridgehead atoms. The van der Waals surface area contributed by atoms with Gasteiger partial charge in [0.15, 0.2) is 5.15 Å². The number of nitrogens with zero attached hydrogens (tertiary/aromatic N) is 1. The summed E-state index contributed by atoms with van der Waals surface area (Å²) in [5.74, 6) is 0. The first-order valence-electron chi connectivity index (χ1n) is 2.69. The van der Waals surface area contributed by atoms with Gasteiger partial charge in [0.1, 0.15) is 4.60 Å². The molecule has 1 aromatic rings. The highest BCUT2D eigenvalue weighted by Gasteiger charge is 2.00. The van der Waals surface area contributed by atoms with Crippen LogP contribution in [-0.4, -0.2) is 4.98 Å². The molecule has 0 aromatic carbocycles. The lowest BCUT2D eigenvalue weighted by molar-refractivity contribution is 1.22. The molecule has 54 valence electrons. The second-order valence-corrected chi connectivity index (χ2v) is 3.09. The Kier molecular flexibility index (Phi) is 2.16. The highest BCUT2D eigenvalue weighted by molar-refractivity contribution is 9.10. The van der Waals surface area contributed by atoms with Gasteiger partial charge in [-0.05, 0) is 34.5 Å². The van der Waals surface area contributed by atoms with Crippen LogP contribution in [0, 0.1) is 6.92 Å². The molecule has 0 spiro atoms. The molecule has 1 rings (SSSR count). The van der Waals surface area contributed by atoms with Crippen molar-refractivity contribution in [2.24, 2.45) is 0 Å². The predicted octanol–water partition coefficient (Wildman–Crippen LogP) is 2.39. The first-order chi connectivity index (χ1) is 4.61. The predicted molar refractivity (Wildman–Crippen MR) is 46.1 cm³/mol. The molecule has 0 amide bonds. The molecule has 0 fully saturated rings. The summed E-state index contributed by atoms with van der Waals surface area (Å²) in [6, 6.07) is 1.78. The molecule has 0 aliphatic carbocycles.